The summed E-state index contributed by atoms with van der Waals surface area (Å²) in [5.74, 6) is 2.04. The molecule has 0 aromatic carbocycles. The van der Waals surface area contributed by atoms with Crippen molar-refractivity contribution < 1.29 is 0 Å². The summed E-state index contributed by atoms with van der Waals surface area (Å²) < 4.78 is 0. The summed E-state index contributed by atoms with van der Waals surface area (Å²) in [6.07, 6.45) is 14.3. The van der Waals surface area contributed by atoms with Crippen LogP contribution >= 0.6 is 0 Å². The third-order valence-corrected chi connectivity index (χ3v) is 3.72. The Labute approximate surface area is 104 Å². The van der Waals surface area contributed by atoms with Crippen molar-refractivity contribution in [3.8, 4) is 0 Å². The maximum atomic E-state index is 2.34. The van der Waals surface area contributed by atoms with Crippen LogP contribution in [-0.4, -0.2) is 0 Å². The Hall–Kier alpha value is 0. The van der Waals surface area contributed by atoms with E-state index < -0.39 is 0 Å². The van der Waals surface area contributed by atoms with Gasteiger partial charge in [0, 0.05) is 0 Å². The summed E-state index contributed by atoms with van der Waals surface area (Å²) in [7, 11) is 0. The first-order chi connectivity index (χ1) is 7.78. The van der Waals surface area contributed by atoms with Gasteiger partial charge < -0.3 is 0 Å². The van der Waals surface area contributed by atoms with Gasteiger partial charge >= 0.3 is 0 Å². The predicted molar refractivity (Wildman–Crippen MR) is 75.8 cm³/mol. The zero-order valence-electron chi connectivity index (χ0n) is 12.2. The van der Waals surface area contributed by atoms with Crippen LogP contribution in [0.3, 0.4) is 0 Å². The van der Waals surface area contributed by atoms with Gasteiger partial charge in [0.15, 0.2) is 0 Å². The highest BCUT2D eigenvalue weighted by Gasteiger charge is 2.14. The summed E-state index contributed by atoms with van der Waals surface area (Å²) in [4.78, 5) is 0. The lowest BCUT2D eigenvalue weighted by molar-refractivity contribution is 0.298. The Kier molecular flexibility index (Phi) is 11.5. The fraction of sp³-hybridized carbons (Fsp3) is 1.00. The standard InChI is InChI=1S/C16H34/c1-5-9-13-16(12-8-4)14-15(10-6-2)11-7-3/h15-16H,5-14H2,1-4H3. The molecule has 0 aromatic heterocycles. The fourth-order valence-corrected chi connectivity index (χ4v) is 2.95. The minimum atomic E-state index is 1.02. The highest BCUT2D eigenvalue weighted by atomic mass is 14.2. The summed E-state index contributed by atoms with van der Waals surface area (Å²) in [6.45, 7) is 9.33. The molecule has 0 saturated carbocycles. The van der Waals surface area contributed by atoms with E-state index in [0.29, 0.717) is 0 Å². The molecule has 0 amide bonds. The first-order valence-corrected chi connectivity index (χ1v) is 7.78. The van der Waals surface area contributed by atoms with Gasteiger partial charge in [-0.3, -0.25) is 0 Å². The topological polar surface area (TPSA) is 0 Å². The third kappa shape index (κ3) is 8.19. The Morgan fingerprint density at radius 2 is 1.00 bits per heavy atom. The van der Waals surface area contributed by atoms with Crippen LogP contribution in [0.25, 0.3) is 0 Å². The molecule has 1 unspecified atom stereocenters. The summed E-state index contributed by atoms with van der Waals surface area (Å²) in [5.41, 5.74) is 0. The lowest BCUT2D eigenvalue weighted by atomic mass is 9.83. The van der Waals surface area contributed by atoms with Gasteiger partial charge in [-0.2, -0.15) is 0 Å². The van der Waals surface area contributed by atoms with E-state index in [-0.39, 0.29) is 0 Å². The number of hydrogen-bond acceptors (Lipinski definition) is 0. The monoisotopic (exact) mass is 226 g/mol. The number of rotatable bonds is 11. The molecule has 0 fully saturated rings. The van der Waals surface area contributed by atoms with Gasteiger partial charge in [-0.15, -0.1) is 0 Å². The molecule has 0 aliphatic rings. The SMILES string of the molecule is CCCCC(CCC)CC(CCC)CCC. The minimum Gasteiger partial charge on any atom is -0.0654 e. The predicted octanol–water partition coefficient (Wildman–Crippen LogP) is 6.20. The molecule has 0 bridgehead atoms. The van der Waals surface area contributed by atoms with Crippen LogP contribution in [-0.2, 0) is 0 Å². The van der Waals surface area contributed by atoms with Crippen molar-refractivity contribution in [2.45, 2.75) is 91.9 Å². The molecule has 0 spiro atoms. The van der Waals surface area contributed by atoms with E-state index in [2.05, 4.69) is 27.7 Å². The average molecular weight is 226 g/mol. The second kappa shape index (κ2) is 11.5. The summed E-state index contributed by atoms with van der Waals surface area (Å²) in [6, 6.07) is 0. The first-order valence-electron chi connectivity index (χ1n) is 7.78. The Morgan fingerprint density at radius 3 is 1.38 bits per heavy atom. The van der Waals surface area contributed by atoms with E-state index in [1.807, 2.05) is 0 Å². The molecule has 0 rings (SSSR count). The van der Waals surface area contributed by atoms with Crippen LogP contribution in [0.15, 0.2) is 0 Å². The molecule has 98 valence electrons. The van der Waals surface area contributed by atoms with Crippen molar-refractivity contribution in [1.29, 1.82) is 0 Å². The summed E-state index contributed by atoms with van der Waals surface area (Å²) >= 11 is 0. The van der Waals surface area contributed by atoms with Gasteiger partial charge in [-0.25, -0.2) is 0 Å². The zero-order chi connectivity index (χ0) is 12.2. The molecule has 1 atom stereocenters. The highest BCUT2D eigenvalue weighted by Crippen LogP contribution is 2.28. The van der Waals surface area contributed by atoms with Crippen molar-refractivity contribution in [2.75, 3.05) is 0 Å². The molecular weight excluding hydrogens is 192 g/mol. The molecule has 16 heavy (non-hydrogen) atoms. The normalized spacial score (nSPS) is 13.3. The fourth-order valence-electron chi connectivity index (χ4n) is 2.95. The van der Waals surface area contributed by atoms with E-state index in [0.717, 1.165) is 11.8 Å². The third-order valence-electron chi connectivity index (χ3n) is 3.72. The molecule has 0 radical (unpaired) electrons. The molecule has 0 aliphatic carbocycles. The second-order valence-electron chi connectivity index (χ2n) is 5.48. The van der Waals surface area contributed by atoms with Crippen LogP contribution in [0.2, 0.25) is 0 Å². The Morgan fingerprint density at radius 1 is 0.562 bits per heavy atom. The molecule has 0 heteroatoms. The van der Waals surface area contributed by atoms with E-state index >= 15 is 0 Å². The maximum absolute atomic E-state index is 2.34. The Bertz CT molecular complexity index is 122. The van der Waals surface area contributed by atoms with Gasteiger partial charge in [0.05, 0.1) is 0 Å². The number of unbranched alkanes of at least 4 members (excludes halogenated alkanes) is 1. The minimum absolute atomic E-state index is 1.02. The van der Waals surface area contributed by atoms with E-state index in [1.165, 1.54) is 64.2 Å². The zero-order valence-corrected chi connectivity index (χ0v) is 12.2. The Balaban J connectivity index is 3.98. The van der Waals surface area contributed by atoms with Gasteiger partial charge in [0.2, 0.25) is 0 Å². The van der Waals surface area contributed by atoms with Gasteiger partial charge in [0.1, 0.15) is 0 Å². The second-order valence-corrected chi connectivity index (χ2v) is 5.48. The molecule has 0 aromatic rings. The largest absolute Gasteiger partial charge is 0.0654 e. The van der Waals surface area contributed by atoms with Crippen LogP contribution in [0.5, 0.6) is 0 Å². The molecule has 0 nitrogen and oxygen atoms in total. The van der Waals surface area contributed by atoms with Crippen LogP contribution < -0.4 is 0 Å². The average Bonchev–Trinajstić information content (AvgIpc) is 2.27. The van der Waals surface area contributed by atoms with Gasteiger partial charge in [0.25, 0.3) is 0 Å². The van der Waals surface area contributed by atoms with Crippen molar-refractivity contribution in [2.24, 2.45) is 11.8 Å². The smallest absolute Gasteiger partial charge is 0.0412 e. The lowest BCUT2D eigenvalue weighted by Gasteiger charge is -2.22. The quantitative estimate of drug-likeness (QED) is 0.393. The number of hydrogen-bond donors (Lipinski definition) is 0. The molecule has 0 N–H and O–H groups in total. The molecular formula is C16H34. The van der Waals surface area contributed by atoms with Gasteiger partial charge in [-0.05, 0) is 18.3 Å². The van der Waals surface area contributed by atoms with Crippen LogP contribution in [0, 0.1) is 11.8 Å². The van der Waals surface area contributed by atoms with E-state index in [9.17, 15) is 0 Å². The molecule has 0 saturated heterocycles. The van der Waals surface area contributed by atoms with Crippen molar-refractivity contribution >= 4 is 0 Å². The summed E-state index contributed by atoms with van der Waals surface area (Å²) in [5, 5.41) is 0. The highest BCUT2D eigenvalue weighted by molar-refractivity contribution is 4.66. The van der Waals surface area contributed by atoms with Crippen molar-refractivity contribution in [1.82, 2.24) is 0 Å². The molecule has 0 heterocycles. The van der Waals surface area contributed by atoms with Crippen LogP contribution in [0.4, 0.5) is 0 Å². The van der Waals surface area contributed by atoms with Crippen molar-refractivity contribution in [3.05, 3.63) is 0 Å². The van der Waals surface area contributed by atoms with Gasteiger partial charge in [-0.1, -0.05) is 85.5 Å². The molecule has 0 aliphatic heterocycles. The maximum Gasteiger partial charge on any atom is -0.0412 e. The first kappa shape index (κ1) is 16.0. The lowest BCUT2D eigenvalue weighted by Crippen LogP contribution is -2.09. The van der Waals surface area contributed by atoms with Crippen molar-refractivity contribution in [3.63, 3.8) is 0 Å². The van der Waals surface area contributed by atoms with E-state index in [4.69, 9.17) is 0 Å². The van der Waals surface area contributed by atoms with E-state index in [1.54, 1.807) is 0 Å². The van der Waals surface area contributed by atoms with Crippen LogP contribution in [0.1, 0.15) is 91.9 Å².